The molecule has 108 valence electrons. The van der Waals surface area contributed by atoms with Crippen molar-refractivity contribution in [3.63, 3.8) is 0 Å². The van der Waals surface area contributed by atoms with Gasteiger partial charge >= 0.3 is 0 Å². The molecule has 2 aromatic rings. The first-order chi connectivity index (χ1) is 10.2. The van der Waals surface area contributed by atoms with Crippen LogP contribution in [0.3, 0.4) is 0 Å². The van der Waals surface area contributed by atoms with Crippen molar-refractivity contribution < 1.29 is 10.0 Å². The van der Waals surface area contributed by atoms with Gasteiger partial charge in [0.2, 0.25) is 0 Å². The molecule has 21 heavy (non-hydrogen) atoms. The van der Waals surface area contributed by atoms with E-state index in [1.807, 2.05) is 18.2 Å². The van der Waals surface area contributed by atoms with Crippen molar-refractivity contribution in [2.24, 2.45) is 4.99 Å². The summed E-state index contributed by atoms with van der Waals surface area (Å²) in [7, 11) is 0. The van der Waals surface area contributed by atoms with Crippen LogP contribution >= 0.6 is 0 Å². The lowest BCUT2D eigenvalue weighted by Gasteiger charge is -2.08. The SMILES string of the molecule is O=[N+]([O-])c1ccc([O-])c(C=NCCCc2ccccc2)c1. The van der Waals surface area contributed by atoms with Crippen LogP contribution in [0.4, 0.5) is 5.69 Å². The van der Waals surface area contributed by atoms with Crippen molar-refractivity contribution in [3.05, 3.63) is 69.8 Å². The Kier molecular flexibility index (Phi) is 5.04. The average molecular weight is 283 g/mol. The summed E-state index contributed by atoms with van der Waals surface area (Å²) >= 11 is 0. The van der Waals surface area contributed by atoms with E-state index >= 15 is 0 Å². The highest BCUT2D eigenvalue weighted by atomic mass is 16.6. The zero-order valence-electron chi connectivity index (χ0n) is 11.4. The fraction of sp³-hybridized carbons (Fsp3) is 0.188. The number of hydrogen-bond acceptors (Lipinski definition) is 4. The number of hydrogen-bond donors (Lipinski definition) is 0. The highest BCUT2D eigenvalue weighted by molar-refractivity contribution is 5.84. The maximum atomic E-state index is 11.6. The molecular formula is C16H15N2O3-. The van der Waals surface area contributed by atoms with Crippen molar-refractivity contribution in [2.75, 3.05) is 6.54 Å². The summed E-state index contributed by atoms with van der Waals surface area (Å²) in [6, 6.07) is 13.7. The molecule has 0 atom stereocenters. The largest absolute Gasteiger partial charge is 0.872 e. The maximum absolute atomic E-state index is 11.6. The van der Waals surface area contributed by atoms with Crippen molar-refractivity contribution >= 4 is 11.9 Å². The van der Waals surface area contributed by atoms with Gasteiger partial charge in [-0.1, -0.05) is 42.1 Å². The van der Waals surface area contributed by atoms with Crippen LogP contribution < -0.4 is 5.11 Å². The minimum absolute atomic E-state index is 0.0969. The van der Waals surface area contributed by atoms with Gasteiger partial charge in [0, 0.05) is 24.9 Å². The van der Waals surface area contributed by atoms with Gasteiger partial charge in [-0.25, -0.2) is 0 Å². The monoisotopic (exact) mass is 283 g/mol. The van der Waals surface area contributed by atoms with Gasteiger partial charge in [-0.15, -0.1) is 0 Å². The van der Waals surface area contributed by atoms with Crippen molar-refractivity contribution in [2.45, 2.75) is 12.8 Å². The molecule has 0 fully saturated rings. The number of benzene rings is 2. The molecule has 0 aliphatic carbocycles. The number of aryl methyl sites for hydroxylation is 1. The van der Waals surface area contributed by atoms with E-state index in [-0.39, 0.29) is 17.0 Å². The van der Waals surface area contributed by atoms with E-state index in [4.69, 9.17) is 0 Å². The zero-order chi connectivity index (χ0) is 15.1. The molecule has 0 saturated carbocycles. The third-order valence-corrected chi connectivity index (χ3v) is 3.03. The minimum Gasteiger partial charge on any atom is -0.872 e. The van der Waals surface area contributed by atoms with E-state index in [1.165, 1.54) is 30.0 Å². The third-order valence-electron chi connectivity index (χ3n) is 3.03. The van der Waals surface area contributed by atoms with Crippen molar-refractivity contribution in [1.29, 1.82) is 0 Å². The van der Waals surface area contributed by atoms with Crippen LogP contribution in [0, 0.1) is 10.1 Å². The molecule has 0 aliphatic rings. The molecule has 0 bridgehead atoms. The summed E-state index contributed by atoms with van der Waals surface area (Å²) in [6.45, 7) is 0.580. The third kappa shape index (κ3) is 4.42. The van der Waals surface area contributed by atoms with Gasteiger partial charge in [0.15, 0.2) is 0 Å². The zero-order valence-corrected chi connectivity index (χ0v) is 11.4. The molecule has 0 spiro atoms. The van der Waals surface area contributed by atoms with Gasteiger partial charge in [0.25, 0.3) is 5.69 Å². The summed E-state index contributed by atoms with van der Waals surface area (Å²) in [5, 5.41) is 22.2. The fourth-order valence-corrected chi connectivity index (χ4v) is 1.93. The van der Waals surface area contributed by atoms with E-state index in [1.54, 1.807) is 0 Å². The predicted octanol–water partition coefficient (Wildman–Crippen LogP) is 2.72. The lowest BCUT2D eigenvalue weighted by molar-refractivity contribution is -0.385. The van der Waals surface area contributed by atoms with Crippen molar-refractivity contribution in [3.8, 4) is 5.75 Å². The second-order valence-electron chi connectivity index (χ2n) is 4.60. The molecule has 0 aromatic heterocycles. The fourth-order valence-electron chi connectivity index (χ4n) is 1.93. The Hall–Kier alpha value is -2.69. The number of nitro groups is 1. The Balaban J connectivity index is 1.89. The molecule has 0 amide bonds. The van der Waals surface area contributed by atoms with Crippen molar-refractivity contribution in [1.82, 2.24) is 0 Å². The highest BCUT2D eigenvalue weighted by Gasteiger charge is 2.05. The molecular weight excluding hydrogens is 268 g/mol. The van der Waals surface area contributed by atoms with Crippen LogP contribution in [-0.4, -0.2) is 17.7 Å². The number of aliphatic imine (C=N–C) groups is 1. The summed E-state index contributed by atoms with van der Waals surface area (Å²) in [6.07, 6.45) is 3.20. The minimum atomic E-state index is -0.522. The highest BCUT2D eigenvalue weighted by Crippen LogP contribution is 2.19. The van der Waals surface area contributed by atoms with Crippen LogP contribution in [0.1, 0.15) is 17.5 Å². The number of nitrogens with zero attached hydrogens (tertiary/aromatic N) is 2. The van der Waals surface area contributed by atoms with Crippen LogP contribution in [0.25, 0.3) is 0 Å². The van der Waals surface area contributed by atoms with E-state index in [0.717, 1.165) is 12.8 Å². The molecule has 0 aliphatic heterocycles. The van der Waals surface area contributed by atoms with Gasteiger partial charge in [-0.2, -0.15) is 0 Å². The van der Waals surface area contributed by atoms with Gasteiger partial charge in [-0.3, -0.25) is 15.1 Å². The Morgan fingerprint density at radius 1 is 1.14 bits per heavy atom. The Bertz CT molecular complexity index is 639. The number of nitro benzene ring substituents is 1. The van der Waals surface area contributed by atoms with Crippen LogP contribution in [-0.2, 0) is 6.42 Å². The van der Waals surface area contributed by atoms with Crippen LogP contribution in [0.2, 0.25) is 0 Å². The second-order valence-corrected chi connectivity index (χ2v) is 4.60. The van der Waals surface area contributed by atoms with Gasteiger partial charge in [0.1, 0.15) is 0 Å². The van der Waals surface area contributed by atoms with Gasteiger partial charge in [-0.05, 0) is 24.0 Å². The molecule has 0 heterocycles. The molecule has 0 unspecified atom stereocenters. The quantitative estimate of drug-likeness (QED) is 0.354. The Morgan fingerprint density at radius 2 is 1.90 bits per heavy atom. The van der Waals surface area contributed by atoms with Crippen LogP contribution in [0.5, 0.6) is 5.75 Å². The predicted molar refractivity (Wildman–Crippen MR) is 79.8 cm³/mol. The number of rotatable bonds is 6. The summed E-state index contributed by atoms with van der Waals surface area (Å²) in [5.41, 5.74) is 1.40. The number of non-ortho nitro benzene ring substituents is 1. The first kappa shape index (κ1) is 14.7. The topological polar surface area (TPSA) is 78.6 Å². The molecule has 5 nitrogen and oxygen atoms in total. The lowest BCUT2D eigenvalue weighted by atomic mass is 10.1. The summed E-state index contributed by atoms with van der Waals surface area (Å²) in [4.78, 5) is 14.3. The Labute approximate surface area is 122 Å². The molecule has 0 N–H and O–H groups in total. The molecule has 0 saturated heterocycles. The normalized spacial score (nSPS) is 10.9. The van der Waals surface area contributed by atoms with E-state index < -0.39 is 4.92 Å². The van der Waals surface area contributed by atoms with Gasteiger partial charge < -0.3 is 5.11 Å². The molecule has 0 radical (unpaired) electrons. The van der Waals surface area contributed by atoms with Gasteiger partial charge in [0.05, 0.1) is 4.92 Å². The Morgan fingerprint density at radius 3 is 2.62 bits per heavy atom. The first-order valence-corrected chi connectivity index (χ1v) is 6.66. The van der Waals surface area contributed by atoms with Crippen LogP contribution in [0.15, 0.2) is 53.5 Å². The molecule has 5 heteroatoms. The average Bonchev–Trinajstić information content (AvgIpc) is 2.49. The standard InChI is InChI=1S/C16H16N2O3/c19-16-9-8-15(18(20)21)11-14(16)12-17-10-4-7-13-5-2-1-3-6-13/h1-3,5-6,8-9,11-12,19H,4,7,10H2/p-1. The first-order valence-electron chi connectivity index (χ1n) is 6.66. The van der Waals surface area contributed by atoms with E-state index in [2.05, 4.69) is 17.1 Å². The second kappa shape index (κ2) is 7.19. The summed E-state index contributed by atoms with van der Waals surface area (Å²) in [5.74, 6) is -0.257. The maximum Gasteiger partial charge on any atom is 0.270 e. The summed E-state index contributed by atoms with van der Waals surface area (Å²) < 4.78 is 0. The van der Waals surface area contributed by atoms with E-state index in [0.29, 0.717) is 6.54 Å². The van der Waals surface area contributed by atoms with E-state index in [9.17, 15) is 15.2 Å². The molecule has 2 aromatic carbocycles. The molecule has 2 rings (SSSR count). The smallest absolute Gasteiger partial charge is 0.270 e. The lowest BCUT2D eigenvalue weighted by Crippen LogP contribution is -1.98.